The molecule has 0 heterocycles. The summed E-state index contributed by atoms with van der Waals surface area (Å²) in [5.74, 6) is -14.1. The van der Waals surface area contributed by atoms with Crippen molar-refractivity contribution in [3.63, 3.8) is 0 Å². The van der Waals surface area contributed by atoms with Gasteiger partial charge in [-0.05, 0) is 138 Å². The lowest BCUT2D eigenvalue weighted by Crippen LogP contribution is -2.60. The van der Waals surface area contributed by atoms with E-state index in [9.17, 15) is 122 Å². The number of carbonyl (C=O) groups is 6. The molecule has 0 amide bonds. The SMILES string of the molecule is O=C(OCC12CC3CC(C1)CC(COC(=O)C(F)(F)S(=O)(=O)O)(C3)C2)C(F)(F)SOO[O-].O=C(OCC12CC3CC(C1)CC(OC(=O)C(F)(F)S(=O)(=O)O)(C3)C2)C(F)(F)SOO[O-].O=C(OCC1CCC(COC(=O)C(F)(F)S(=O)(=O)O)CC1)C(F)(F)SOO[O-]. The van der Waals surface area contributed by atoms with Crippen LogP contribution in [0.15, 0.2) is 0 Å². The summed E-state index contributed by atoms with van der Waals surface area (Å²) in [4.78, 5) is 69.1. The predicted molar refractivity (Wildman–Crippen MR) is 259 cm³/mol. The van der Waals surface area contributed by atoms with E-state index < -0.39 is 188 Å². The molecule has 0 saturated heterocycles. The van der Waals surface area contributed by atoms with Crippen LogP contribution in [0.25, 0.3) is 0 Å². The van der Waals surface area contributed by atoms with Gasteiger partial charge in [0.05, 0.1) is 33.0 Å². The number of halogens is 12. The van der Waals surface area contributed by atoms with Crippen molar-refractivity contribution in [2.75, 3.05) is 33.0 Å². The fraction of sp³-hybridized carbons (Fsp3) is 0.860. The Morgan fingerprint density at radius 1 is 0.407 bits per heavy atom. The Balaban J connectivity index is 0.000000249. The third kappa shape index (κ3) is 19.6. The smallest absolute Gasteiger partial charge is 0.465 e. The van der Waals surface area contributed by atoms with E-state index in [1.807, 2.05) is 0 Å². The summed E-state index contributed by atoms with van der Waals surface area (Å²) in [6.45, 7) is -2.41. The van der Waals surface area contributed by atoms with E-state index in [4.69, 9.17) is 23.1 Å². The molecule has 30 nitrogen and oxygen atoms in total. The Morgan fingerprint density at radius 2 is 0.670 bits per heavy atom. The first kappa shape index (κ1) is 78.1. The number of alkyl halides is 12. The largest absolute Gasteiger partial charge is 0.691 e. The summed E-state index contributed by atoms with van der Waals surface area (Å²) < 4.78 is 288. The summed E-state index contributed by atoms with van der Waals surface area (Å²) in [6.07, 6.45) is 5.85. The van der Waals surface area contributed by atoms with Crippen LogP contribution in [0.5, 0.6) is 0 Å². The van der Waals surface area contributed by atoms with Crippen LogP contribution in [0, 0.1) is 51.8 Å². The van der Waals surface area contributed by atoms with Gasteiger partial charge in [0.25, 0.3) is 0 Å². The number of hydrogen-bond donors (Lipinski definition) is 3. The molecule has 0 radical (unpaired) electrons. The van der Waals surface area contributed by atoms with E-state index in [0.29, 0.717) is 70.6 Å². The molecule has 48 heteroatoms. The second-order valence-corrected chi connectivity index (χ2v) is 29.8. The molecule has 0 spiro atoms. The van der Waals surface area contributed by atoms with Crippen molar-refractivity contribution >= 4 is 102 Å². The molecule has 3 N–H and O–H groups in total. The lowest BCUT2D eigenvalue weighted by Gasteiger charge is -2.61. The van der Waals surface area contributed by atoms with Gasteiger partial charge in [0.15, 0.2) is 0 Å². The molecule has 4 atom stereocenters. The summed E-state index contributed by atoms with van der Waals surface area (Å²) in [5.41, 5.74) is -4.03. The maximum atomic E-state index is 13.7. The van der Waals surface area contributed by atoms with Crippen LogP contribution in [-0.2, 0) is 116 Å². The molecule has 0 aromatic heterocycles. The minimum atomic E-state index is -6.05. The normalized spacial score (nSPS) is 28.9. The van der Waals surface area contributed by atoms with Crippen molar-refractivity contribution in [3.8, 4) is 0 Å². The number of rotatable bonds is 29. The molecule has 9 rings (SSSR count). The maximum absolute atomic E-state index is 13.7. The van der Waals surface area contributed by atoms with E-state index in [-0.39, 0.29) is 61.9 Å². The number of ether oxygens (including phenoxy) is 6. The van der Waals surface area contributed by atoms with E-state index in [0.717, 1.165) is 6.42 Å². The second kappa shape index (κ2) is 29.4. The highest BCUT2D eigenvalue weighted by atomic mass is 32.2. The van der Waals surface area contributed by atoms with E-state index in [1.165, 1.54) is 0 Å². The first-order valence-electron chi connectivity index (χ1n) is 25.8. The average molecular weight is 1470 g/mol. The molecule has 526 valence electrons. The average Bonchev–Trinajstić information content (AvgIpc) is 0.731. The molecule has 9 fully saturated rings. The Hall–Kier alpha value is -3.60. The molecular formula is C43H51F12O30S6-3. The van der Waals surface area contributed by atoms with Crippen molar-refractivity contribution in [1.29, 1.82) is 0 Å². The van der Waals surface area contributed by atoms with Crippen LogP contribution in [0.3, 0.4) is 0 Å². The molecule has 4 unspecified atom stereocenters. The van der Waals surface area contributed by atoms with Crippen molar-refractivity contribution in [2.45, 2.75) is 140 Å². The minimum Gasteiger partial charge on any atom is -0.691 e. The van der Waals surface area contributed by atoms with E-state index >= 15 is 0 Å². The Bertz CT molecular complexity index is 2950. The third-order valence-corrected chi connectivity index (χ3v) is 20.0. The van der Waals surface area contributed by atoms with Crippen LogP contribution < -0.4 is 15.8 Å². The molecule has 8 bridgehead atoms. The first-order valence-corrected chi connectivity index (χ1v) is 32.3. The monoisotopic (exact) mass is 1470 g/mol. The topological polar surface area (TPSA) is 445 Å². The van der Waals surface area contributed by atoms with Crippen molar-refractivity contribution in [2.24, 2.45) is 51.8 Å². The van der Waals surface area contributed by atoms with Crippen LogP contribution in [0.1, 0.15) is 103 Å². The fourth-order valence-electron chi connectivity index (χ4n) is 13.5. The molecular weight excluding hydrogens is 1420 g/mol. The standard InChI is InChI=1S/C16H20F4O10S2.C15H18F4O10S2.C12H16F4O10S2/c17-15(18,31-30-29-23)11(21)27-7-13-2-9-1-10(3-13)5-14(4-9,6-13)8-28-12(22)16(19,20)32(24,25)26;16-14(17,30-29-28-22)10(20)26-7-12-2-8-1-9(3-12)5-13(4-8,6-12)27-11(21)15(18,19)31(23,24)25;13-11(14,27-26-25-19)9(17)23-5-7-1-3-8(4-2-7)6-24-10(18)12(15,16)28(20,21)22/h9-10,23H,1-8H2,(H,24,25,26);8-9,22H,1-7H2,(H,23,24,25);7-8,19H,1-6H2,(H,20,21,22)/p-3. The van der Waals surface area contributed by atoms with Crippen LogP contribution in [-0.4, -0.2) is 145 Å². The van der Waals surface area contributed by atoms with E-state index in [2.05, 4.69) is 47.1 Å². The Kier molecular flexibility index (Phi) is 25.2. The lowest BCUT2D eigenvalue weighted by atomic mass is 9.44. The molecule has 9 saturated carbocycles. The van der Waals surface area contributed by atoms with Gasteiger partial charge < -0.3 is 44.2 Å². The molecule has 91 heavy (non-hydrogen) atoms. The summed E-state index contributed by atoms with van der Waals surface area (Å²) in [7, 11) is -18.0. The van der Waals surface area contributed by atoms with E-state index in [1.54, 1.807) is 0 Å². The number of carbonyl (C=O) groups excluding carboxylic acids is 6. The quantitative estimate of drug-likeness (QED) is 0.0182. The van der Waals surface area contributed by atoms with Gasteiger partial charge in [0.1, 0.15) is 41.7 Å². The fourth-order valence-corrected chi connectivity index (χ4v) is 15.0. The maximum Gasteiger partial charge on any atom is 0.465 e. The van der Waals surface area contributed by atoms with Gasteiger partial charge >= 0.3 is 97.7 Å². The number of hydrogen-bond acceptors (Lipinski definition) is 30. The highest BCUT2D eigenvalue weighted by Crippen LogP contribution is 2.66. The van der Waals surface area contributed by atoms with Crippen molar-refractivity contribution in [1.82, 2.24) is 0 Å². The lowest BCUT2D eigenvalue weighted by molar-refractivity contribution is -0.777. The molecule has 0 aromatic carbocycles. The zero-order valence-corrected chi connectivity index (χ0v) is 50.6. The van der Waals surface area contributed by atoms with Gasteiger partial charge in [-0.3, -0.25) is 28.8 Å². The minimum absolute atomic E-state index is 0.0443. The Labute approximate surface area is 517 Å². The molecule has 0 aliphatic heterocycles. The highest BCUT2D eigenvalue weighted by molar-refractivity contribution is 7.96. The first-order chi connectivity index (χ1) is 41.6. The van der Waals surface area contributed by atoms with Gasteiger partial charge in [-0.1, -0.05) is 0 Å². The highest BCUT2D eigenvalue weighted by Gasteiger charge is 2.65. The van der Waals surface area contributed by atoms with Gasteiger partial charge in [-0.25, -0.2) is 28.8 Å². The predicted octanol–water partition coefficient (Wildman–Crippen LogP) is 3.79. The van der Waals surface area contributed by atoms with Crippen molar-refractivity contribution in [3.05, 3.63) is 0 Å². The van der Waals surface area contributed by atoms with Crippen LogP contribution >= 0.6 is 36.1 Å². The van der Waals surface area contributed by atoms with Gasteiger partial charge in [0.2, 0.25) is 0 Å². The molecule has 9 aliphatic rings. The van der Waals surface area contributed by atoms with Gasteiger partial charge in [-0.2, -0.15) is 90.9 Å². The summed E-state index contributed by atoms with van der Waals surface area (Å²) in [5, 5.41) is 9.11. The van der Waals surface area contributed by atoms with Crippen molar-refractivity contribution < 1.29 is 193 Å². The molecule has 9 aliphatic carbocycles. The zero-order chi connectivity index (χ0) is 68.9. The Morgan fingerprint density at radius 3 is 0.989 bits per heavy atom. The summed E-state index contributed by atoms with van der Waals surface area (Å²) in [6, 6.07) is 0. The van der Waals surface area contributed by atoms with Crippen LogP contribution in [0.2, 0.25) is 0 Å². The van der Waals surface area contributed by atoms with Gasteiger partial charge in [0, 0.05) is 16.2 Å². The number of esters is 6. The van der Waals surface area contributed by atoms with Gasteiger partial charge in [-0.15, -0.1) is 0 Å². The second-order valence-electron chi connectivity index (χ2n) is 23.0. The molecule has 0 aromatic rings. The third-order valence-electron chi connectivity index (χ3n) is 16.0. The summed E-state index contributed by atoms with van der Waals surface area (Å²) >= 11 is -2.51. The zero-order valence-electron chi connectivity index (χ0n) is 45.7. The van der Waals surface area contributed by atoms with Crippen LogP contribution in [0.4, 0.5) is 52.7 Å².